The minimum absolute atomic E-state index is 0.0292. The number of hydrogen-bond acceptors (Lipinski definition) is 3. The molecule has 0 aromatic carbocycles. The van der Waals surface area contributed by atoms with Gasteiger partial charge in [-0.3, -0.25) is 14.5 Å². The maximum atomic E-state index is 11.3. The van der Waals surface area contributed by atoms with Crippen LogP contribution in [-0.4, -0.2) is 42.8 Å². The van der Waals surface area contributed by atoms with Gasteiger partial charge in [0.2, 0.25) is 5.91 Å². The number of amides is 1. The molecule has 1 fully saturated rings. The molecule has 0 radical (unpaired) electrons. The van der Waals surface area contributed by atoms with Crippen molar-refractivity contribution in [2.45, 2.75) is 26.2 Å². The summed E-state index contributed by atoms with van der Waals surface area (Å²) in [4.78, 5) is 24.3. The Morgan fingerprint density at radius 1 is 1.57 bits per heavy atom. The Hall–Kier alpha value is -0.900. The van der Waals surface area contributed by atoms with Crippen molar-refractivity contribution in [1.82, 2.24) is 10.2 Å². The standard InChI is InChI=1S/C10H18N2O2/c1-2-5-11-10(14)8-12-6-3-4-9(13)7-12/h2-8H2,1H3,(H,11,14). The van der Waals surface area contributed by atoms with Crippen molar-refractivity contribution in [2.24, 2.45) is 0 Å². The highest BCUT2D eigenvalue weighted by molar-refractivity contribution is 5.83. The molecule has 0 aliphatic carbocycles. The molecule has 1 heterocycles. The molecular formula is C10H18N2O2. The first-order chi connectivity index (χ1) is 6.72. The number of hydrogen-bond donors (Lipinski definition) is 1. The molecular weight excluding hydrogens is 180 g/mol. The minimum Gasteiger partial charge on any atom is -0.355 e. The summed E-state index contributed by atoms with van der Waals surface area (Å²) in [6.45, 7) is 4.42. The molecule has 0 saturated carbocycles. The summed E-state index contributed by atoms with van der Waals surface area (Å²) in [5.41, 5.74) is 0. The van der Waals surface area contributed by atoms with Crippen LogP contribution >= 0.6 is 0 Å². The van der Waals surface area contributed by atoms with E-state index >= 15 is 0 Å². The summed E-state index contributed by atoms with van der Waals surface area (Å²) in [6.07, 6.45) is 2.51. The van der Waals surface area contributed by atoms with Gasteiger partial charge in [0.05, 0.1) is 13.1 Å². The Labute approximate surface area is 84.7 Å². The predicted molar refractivity (Wildman–Crippen MR) is 54.0 cm³/mol. The van der Waals surface area contributed by atoms with E-state index in [-0.39, 0.29) is 11.7 Å². The van der Waals surface area contributed by atoms with Crippen LogP contribution in [0.15, 0.2) is 0 Å². The lowest BCUT2D eigenvalue weighted by Gasteiger charge is -2.24. The first-order valence-corrected chi connectivity index (χ1v) is 5.23. The molecule has 0 spiro atoms. The fourth-order valence-electron chi connectivity index (χ4n) is 1.57. The number of ketones is 1. The molecule has 1 amide bonds. The zero-order valence-electron chi connectivity index (χ0n) is 8.71. The van der Waals surface area contributed by atoms with Gasteiger partial charge in [-0.05, 0) is 19.4 Å². The van der Waals surface area contributed by atoms with Gasteiger partial charge in [0, 0.05) is 13.0 Å². The molecule has 1 aliphatic rings. The van der Waals surface area contributed by atoms with Crippen LogP contribution in [0.25, 0.3) is 0 Å². The molecule has 1 rings (SSSR count). The Bertz CT molecular complexity index is 216. The van der Waals surface area contributed by atoms with Crippen LogP contribution in [0, 0.1) is 0 Å². The summed E-state index contributed by atoms with van der Waals surface area (Å²) in [5, 5.41) is 2.80. The maximum Gasteiger partial charge on any atom is 0.234 e. The Morgan fingerprint density at radius 3 is 3.00 bits per heavy atom. The van der Waals surface area contributed by atoms with Crippen molar-refractivity contribution in [3.63, 3.8) is 0 Å². The number of carbonyl (C=O) groups is 2. The second kappa shape index (κ2) is 5.75. The van der Waals surface area contributed by atoms with Crippen LogP contribution in [-0.2, 0) is 9.59 Å². The van der Waals surface area contributed by atoms with E-state index < -0.39 is 0 Å². The van der Waals surface area contributed by atoms with Crippen molar-refractivity contribution in [2.75, 3.05) is 26.2 Å². The van der Waals surface area contributed by atoms with Crippen LogP contribution in [0.1, 0.15) is 26.2 Å². The first-order valence-electron chi connectivity index (χ1n) is 5.23. The van der Waals surface area contributed by atoms with Crippen LogP contribution in [0.2, 0.25) is 0 Å². The highest BCUT2D eigenvalue weighted by Crippen LogP contribution is 2.04. The highest BCUT2D eigenvalue weighted by atomic mass is 16.2. The number of rotatable bonds is 4. The smallest absolute Gasteiger partial charge is 0.234 e. The number of Topliss-reactive ketones (excluding diaryl/α,β-unsaturated/α-hetero) is 1. The van der Waals surface area contributed by atoms with Gasteiger partial charge in [-0.15, -0.1) is 0 Å². The zero-order chi connectivity index (χ0) is 10.4. The topological polar surface area (TPSA) is 49.4 Å². The lowest BCUT2D eigenvalue weighted by molar-refractivity contribution is -0.125. The maximum absolute atomic E-state index is 11.3. The number of nitrogens with zero attached hydrogens (tertiary/aromatic N) is 1. The lowest BCUT2D eigenvalue weighted by Crippen LogP contribution is -2.42. The molecule has 1 aliphatic heterocycles. The molecule has 0 aromatic rings. The largest absolute Gasteiger partial charge is 0.355 e. The zero-order valence-corrected chi connectivity index (χ0v) is 8.71. The Balaban J connectivity index is 2.22. The van der Waals surface area contributed by atoms with E-state index in [0.717, 1.165) is 25.9 Å². The predicted octanol–water partition coefficient (Wildman–Crippen LogP) is 0.178. The molecule has 14 heavy (non-hydrogen) atoms. The molecule has 0 atom stereocenters. The van der Waals surface area contributed by atoms with E-state index in [0.29, 0.717) is 19.5 Å². The number of nitrogens with one attached hydrogen (secondary N) is 1. The van der Waals surface area contributed by atoms with Gasteiger partial charge in [-0.25, -0.2) is 0 Å². The molecule has 0 unspecified atom stereocenters. The second-order valence-electron chi connectivity index (χ2n) is 3.70. The van der Waals surface area contributed by atoms with E-state index in [4.69, 9.17) is 0 Å². The molecule has 0 aromatic heterocycles. The third-order valence-electron chi connectivity index (χ3n) is 2.27. The van der Waals surface area contributed by atoms with Gasteiger partial charge in [0.15, 0.2) is 0 Å². The summed E-state index contributed by atoms with van der Waals surface area (Å²) in [7, 11) is 0. The van der Waals surface area contributed by atoms with Crippen LogP contribution in [0.3, 0.4) is 0 Å². The van der Waals surface area contributed by atoms with E-state index in [1.165, 1.54) is 0 Å². The normalized spacial score (nSPS) is 18.2. The van der Waals surface area contributed by atoms with Gasteiger partial charge in [-0.2, -0.15) is 0 Å². The van der Waals surface area contributed by atoms with E-state index in [1.807, 2.05) is 11.8 Å². The van der Waals surface area contributed by atoms with Crippen molar-refractivity contribution in [1.29, 1.82) is 0 Å². The second-order valence-corrected chi connectivity index (χ2v) is 3.70. The summed E-state index contributed by atoms with van der Waals surface area (Å²) in [6, 6.07) is 0. The molecule has 1 saturated heterocycles. The van der Waals surface area contributed by atoms with Gasteiger partial charge in [0.25, 0.3) is 0 Å². The van der Waals surface area contributed by atoms with E-state index in [2.05, 4.69) is 5.32 Å². The SMILES string of the molecule is CCCNC(=O)CN1CCCC(=O)C1. The summed E-state index contributed by atoms with van der Waals surface area (Å²) >= 11 is 0. The quantitative estimate of drug-likeness (QED) is 0.701. The monoisotopic (exact) mass is 198 g/mol. The van der Waals surface area contributed by atoms with E-state index in [9.17, 15) is 9.59 Å². The average Bonchev–Trinajstić information content (AvgIpc) is 2.15. The minimum atomic E-state index is 0.0292. The molecule has 4 heteroatoms. The number of carbonyl (C=O) groups excluding carboxylic acids is 2. The number of piperidine rings is 1. The Morgan fingerprint density at radius 2 is 2.36 bits per heavy atom. The van der Waals surface area contributed by atoms with Crippen LogP contribution < -0.4 is 5.32 Å². The third-order valence-corrected chi connectivity index (χ3v) is 2.27. The number of likely N-dealkylation sites (tertiary alicyclic amines) is 1. The third kappa shape index (κ3) is 3.87. The average molecular weight is 198 g/mol. The lowest BCUT2D eigenvalue weighted by atomic mass is 10.1. The fourth-order valence-corrected chi connectivity index (χ4v) is 1.57. The molecule has 0 bridgehead atoms. The van der Waals surface area contributed by atoms with Crippen molar-refractivity contribution in [3.8, 4) is 0 Å². The first kappa shape index (κ1) is 11.2. The van der Waals surface area contributed by atoms with Gasteiger partial charge in [0.1, 0.15) is 5.78 Å². The summed E-state index contributed by atoms with van der Waals surface area (Å²) in [5.74, 6) is 0.279. The fraction of sp³-hybridized carbons (Fsp3) is 0.800. The summed E-state index contributed by atoms with van der Waals surface area (Å²) < 4.78 is 0. The Kier molecular flexibility index (Phi) is 4.59. The van der Waals surface area contributed by atoms with Crippen molar-refractivity contribution in [3.05, 3.63) is 0 Å². The van der Waals surface area contributed by atoms with Crippen molar-refractivity contribution >= 4 is 11.7 Å². The van der Waals surface area contributed by atoms with Crippen molar-refractivity contribution < 1.29 is 9.59 Å². The van der Waals surface area contributed by atoms with Gasteiger partial charge >= 0.3 is 0 Å². The molecule has 1 N–H and O–H groups in total. The highest BCUT2D eigenvalue weighted by Gasteiger charge is 2.18. The van der Waals surface area contributed by atoms with Crippen LogP contribution in [0.4, 0.5) is 0 Å². The van der Waals surface area contributed by atoms with Gasteiger partial charge < -0.3 is 5.32 Å². The van der Waals surface area contributed by atoms with Crippen LogP contribution in [0.5, 0.6) is 0 Å². The van der Waals surface area contributed by atoms with Gasteiger partial charge in [-0.1, -0.05) is 6.92 Å². The molecule has 4 nitrogen and oxygen atoms in total. The van der Waals surface area contributed by atoms with E-state index in [1.54, 1.807) is 0 Å². The molecule has 80 valence electrons.